The van der Waals surface area contributed by atoms with Crippen LogP contribution in [-0.4, -0.2) is 21.2 Å². The number of hydrogen-bond acceptors (Lipinski definition) is 3. The molecule has 0 aliphatic carbocycles. The number of phenols is 1. The van der Waals surface area contributed by atoms with Gasteiger partial charge in [-0.1, -0.05) is 0 Å². The fourth-order valence-corrected chi connectivity index (χ4v) is 3.23. The molecule has 0 fully saturated rings. The lowest BCUT2D eigenvalue weighted by Gasteiger charge is -2.05. The molecule has 0 saturated heterocycles. The van der Waals surface area contributed by atoms with Gasteiger partial charge in [0, 0.05) is 8.96 Å². The van der Waals surface area contributed by atoms with Crippen LogP contribution in [-0.2, 0) is 0 Å². The van der Waals surface area contributed by atoms with Gasteiger partial charge in [-0.3, -0.25) is 0 Å². The Balaban J connectivity index is 2.86. The Bertz CT molecular complexity index is 598. The molecular formula is C10H5I2NO3. The number of nitrogens with zero attached hydrogens (tertiary/aromatic N) is 1. The van der Waals surface area contributed by atoms with E-state index in [1.165, 1.54) is 6.07 Å². The summed E-state index contributed by atoms with van der Waals surface area (Å²) in [6.07, 6.45) is 0. The van der Waals surface area contributed by atoms with E-state index in [0.29, 0.717) is 9.09 Å². The summed E-state index contributed by atoms with van der Waals surface area (Å²) in [7, 11) is 0. The second kappa shape index (κ2) is 4.32. The average molecular weight is 441 g/mol. The number of hydrogen-bond donors (Lipinski definition) is 2. The van der Waals surface area contributed by atoms with Crippen LogP contribution in [0.3, 0.4) is 0 Å². The molecule has 82 valence electrons. The van der Waals surface area contributed by atoms with Gasteiger partial charge in [-0.2, -0.15) is 0 Å². The van der Waals surface area contributed by atoms with Gasteiger partial charge < -0.3 is 10.2 Å². The Hall–Kier alpha value is -0.640. The van der Waals surface area contributed by atoms with Crippen molar-refractivity contribution >= 4 is 62.1 Å². The minimum atomic E-state index is -1.10. The summed E-state index contributed by atoms with van der Waals surface area (Å²) < 4.78 is 1.59. The van der Waals surface area contributed by atoms with Gasteiger partial charge in [0.2, 0.25) is 0 Å². The number of carboxylic acids is 1. The summed E-state index contributed by atoms with van der Waals surface area (Å²) in [6, 6.07) is 4.91. The van der Waals surface area contributed by atoms with Crippen molar-refractivity contribution in [1.29, 1.82) is 0 Å². The highest BCUT2D eigenvalue weighted by molar-refractivity contribution is 14.1. The Labute approximate surface area is 118 Å². The number of aromatic nitrogens is 1. The van der Waals surface area contributed by atoms with Crippen molar-refractivity contribution < 1.29 is 15.0 Å². The van der Waals surface area contributed by atoms with E-state index < -0.39 is 5.97 Å². The van der Waals surface area contributed by atoms with Crippen molar-refractivity contribution in [3.63, 3.8) is 0 Å². The maximum absolute atomic E-state index is 10.8. The molecule has 2 aromatic rings. The van der Waals surface area contributed by atoms with Crippen LogP contribution in [0.2, 0.25) is 0 Å². The fraction of sp³-hybridized carbons (Fsp3) is 0. The first-order valence-electron chi connectivity index (χ1n) is 4.21. The first-order valence-corrected chi connectivity index (χ1v) is 6.37. The number of aromatic carboxylic acids is 1. The predicted molar refractivity (Wildman–Crippen MR) is 75.8 cm³/mol. The van der Waals surface area contributed by atoms with Gasteiger partial charge >= 0.3 is 5.97 Å². The number of carboxylic acid groups (broad SMARTS) is 1. The largest absolute Gasteiger partial charge is 0.505 e. The van der Waals surface area contributed by atoms with Gasteiger partial charge in [0.15, 0.2) is 5.75 Å². The van der Waals surface area contributed by atoms with Gasteiger partial charge in [-0.05, 0) is 63.4 Å². The molecule has 2 rings (SSSR count). The summed E-state index contributed by atoms with van der Waals surface area (Å²) in [6.45, 7) is 0. The van der Waals surface area contributed by atoms with Crippen molar-refractivity contribution in [2.24, 2.45) is 0 Å². The maximum Gasteiger partial charge on any atom is 0.354 e. The number of fused-ring (bicyclic) bond motifs is 1. The van der Waals surface area contributed by atoms with Crippen LogP contribution in [0.25, 0.3) is 10.9 Å². The lowest BCUT2D eigenvalue weighted by molar-refractivity contribution is 0.0691. The highest BCUT2D eigenvalue weighted by Crippen LogP contribution is 2.32. The molecule has 2 N–H and O–H groups in total. The molecular weight excluding hydrogens is 436 g/mol. The van der Waals surface area contributed by atoms with Crippen molar-refractivity contribution in [2.75, 3.05) is 0 Å². The molecule has 0 bridgehead atoms. The highest BCUT2D eigenvalue weighted by atomic mass is 127. The summed E-state index contributed by atoms with van der Waals surface area (Å²) in [4.78, 5) is 14.7. The number of halogens is 2. The Morgan fingerprint density at radius 1 is 1.25 bits per heavy atom. The van der Waals surface area contributed by atoms with Gasteiger partial charge in [-0.15, -0.1) is 0 Å². The van der Waals surface area contributed by atoms with E-state index in [1.54, 1.807) is 6.07 Å². The zero-order valence-electron chi connectivity index (χ0n) is 7.74. The van der Waals surface area contributed by atoms with Crippen LogP contribution >= 0.6 is 45.2 Å². The number of pyridine rings is 1. The standard InChI is InChI=1S/C10H5I2NO3/c11-5-3-6(12)9(14)8-4(5)1-2-7(13-8)10(15)16/h1-3,14H,(H,15,16). The number of rotatable bonds is 1. The Morgan fingerprint density at radius 3 is 2.56 bits per heavy atom. The highest BCUT2D eigenvalue weighted by Gasteiger charge is 2.12. The molecule has 16 heavy (non-hydrogen) atoms. The number of phenolic OH excluding ortho intramolecular Hbond substituents is 1. The molecule has 0 spiro atoms. The molecule has 0 aliphatic rings. The summed E-state index contributed by atoms with van der Waals surface area (Å²) in [5.41, 5.74) is 0.261. The van der Waals surface area contributed by atoms with E-state index in [4.69, 9.17) is 5.11 Å². The topological polar surface area (TPSA) is 70.4 Å². The fourth-order valence-electron chi connectivity index (χ4n) is 1.32. The van der Waals surface area contributed by atoms with Gasteiger partial charge in [0.1, 0.15) is 11.2 Å². The molecule has 0 atom stereocenters. The SMILES string of the molecule is O=C(O)c1ccc2c(I)cc(I)c(O)c2n1. The van der Waals surface area contributed by atoms with Crippen LogP contribution < -0.4 is 0 Å². The zero-order valence-corrected chi connectivity index (χ0v) is 12.1. The maximum atomic E-state index is 10.8. The van der Waals surface area contributed by atoms with Crippen molar-refractivity contribution in [3.05, 3.63) is 31.0 Å². The molecule has 6 heteroatoms. The summed E-state index contributed by atoms with van der Waals surface area (Å²) >= 11 is 4.11. The van der Waals surface area contributed by atoms with Gasteiger partial charge in [-0.25, -0.2) is 9.78 Å². The predicted octanol–water partition coefficient (Wildman–Crippen LogP) is 2.85. The van der Waals surface area contributed by atoms with Crippen LogP contribution in [0.5, 0.6) is 5.75 Å². The third-order valence-corrected chi connectivity index (χ3v) is 3.79. The monoisotopic (exact) mass is 441 g/mol. The van der Waals surface area contributed by atoms with Crippen molar-refractivity contribution in [1.82, 2.24) is 4.98 Å². The number of benzene rings is 1. The van der Waals surface area contributed by atoms with E-state index in [9.17, 15) is 9.90 Å². The first kappa shape index (κ1) is 11.8. The lowest BCUT2D eigenvalue weighted by atomic mass is 10.2. The van der Waals surface area contributed by atoms with E-state index in [1.807, 2.05) is 28.7 Å². The van der Waals surface area contributed by atoms with Crippen molar-refractivity contribution in [3.8, 4) is 5.75 Å². The third kappa shape index (κ3) is 1.95. The van der Waals surface area contributed by atoms with Crippen LogP contribution in [0.15, 0.2) is 18.2 Å². The summed E-state index contributed by atoms with van der Waals surface area (Å²) in [5, 5.41) is 19.4. The number of carbonyl (C=O) groups is 1. The minimum absolute atomic E-state index is 0.0270. The Kier molecular flexibility index (Phi) is 3.19. The van der Waals surface area contributed by atoms with E-state index in [2.05, 4.69) is 27.6 Å². The smallest absolute Gasteiger partial charge is 0.354 e. The Morgan fingerprint density at radius 2 is 1.94 bits per heavy atom. The molecule has 1 aromatic heterocycles. The normalized spacial score (nSPS) is 10.6. The molecule has 0 radical (unpaired) electrons. The summed E-state index contributed by atoms with van der Waals surface area (Å²) in [5.74, 6) is -1.07. The second-order valence-corrected chi connectivity index (χ2v) is 5.41. The second-order valence-electron chi connectivity index (χ2n) is 3.09. The van der Waals surface area contributed by atoms with E-state index >= 15 is 0 Å². The van der Waals surface area contributed by atoms with Gasteiger partial charge in [0.25, 0.3) is 0 Å². The third-order valence-electron chi connectivity index (χ3n) is 2.08. The molecule has 0 unspecified atom stereocenters. The minimum Gasteiger partial charge on any atom is -0.505 e. The van der Waals surface area contributed by atoms with E-state index in [-0.39, 0.29) is 11.4 Å². The van der Waals surface area contributed by atoms with Crippen LogP contribution in [0.1, 0.15) is 10.5 Å². The lowest BCUT2D eigenvalue weighted by Crippen LogP contribution is -2.00. The van der Waals surface area contributed by atoms with E-state index in [0.717, 1.165) is 8.96 Å². The average Bonchev–Trinajstić information content (AvgIpc) is 2.25. The molecule has 1 aromatic carbocycles. The molecule has 0 saturated carbocycles. The van der Waals surface area contributed by atoms with Crippen LogP contribution in [0, 0.1) is 7.14 Å². The number of aromatic hydroxyl groups is 1. The van der Waals surface area contributed by atoms with Crippen LogP contribution in [0.4, 0.5) is 0 Å². The van der Waals surface area contributed by atoms with Crippen molar-refractivity contribution in [2.45, 2.75) is 0 Å². The molecule has 4 nitrogen and oxygen atoms in total. The zero-order chi connectivity index (χ0) is 11.9. The molecule has 0 aliphatic heterocycles. The molecule has 0 amide bonds. The van der Waals surface area contributed by atoms with Gasteiger partial charge in [0.05, 0.1) is 3.57 Å². The first-order chi connectivity index (χ1) is 7.50. The quantitative estimate of drug-likeness (QED) is 0.669. The molecule has 1 heterocycles.